The first kappa shape index (κ1) is 13.1. The van der Waals surface area contributed by atoms with E-state index in [1.54, 1.807) is 6.20 Å². The highest BCUT2D eigenvalue weighted by Crippen LogP contribution is 2.22. The minimum atomic E-state index is -1.02. The highest BCUT2D eigenvalue weighted by atomic mass is 16.4. The van der Waals surface area contributed by atoms with E-state index in [-0.39, 0.29) is 12.5 Å². The molecule has 0 spiro atoms. The molecular weight excluding hydrogens is 244 g/mol. The predicted molar refractivity (Wildman–Crippen MR) is 72.2 cm³/mol. The maximum absolute atomic E-state index is 12.3. The SMILES string of the molecule is CCn1cc(C(=O)N(C)CC(=O)O)c2ccccc21. The van der Waals surface area contributed by atoms with Gasteiger partial charge in [-0.15, -0.1) is 0 Å². The molecule has 0 saturated carbocycles. The molecule has 0 atom stereocenters. The Morgan fingerprint density at radius 3 is 2.63 bits per heavy atom. The first-order valence-corrected chi connectivity index (χ1v) is 6.09. The van der Waals surface area contributed by atoms with Crippen molar-refractivity contribution in [1.82, 2.24) is 9.47 Å². The van der Waals surface area contributed by atoms with Crippen LogP contribution in [0.3, 0.4) is 0 Å². The van der Waals surface area contributed by atoms with Crippen molar-refractivity contribution in [2.45, 2.75) is 13.5 Å². The number of rotatable bonds is 4. The monoisotopic (exact) mass is 260 g/mol. The Kier molecular flexibility index (Phi) is 3.55. The Hall–Kier alpha value is -2.30. The summed E-state index contributed by atoms with van der Waals surface area (Å²) >= 11 is 0. The molecule has 0 radical (unpaired) electrons. The smallest absolute Gasteiger partial charge is 0.323 e. The summed E-state index contributed by atoms with van der Waals surface area (Å²) in [4.78, 5) is 24.2. The minimum Gasteiger partial charge on any atom is -0.480 e. The van der Waals surface area contributed by atoms with Crippen molar-refractivity contribution >= 4 is 22.8 Å². The lowest BCUT2D eigenvalue weighted by Crippen LogP contribution is -2.31. The van der Waals surface area contributed by atoms with Gasteiger partial charge in [0.15, 0.2) is 0 Å². The van der Waals surface area contributed by atoms with Crippen molar-refractivity contribution < 1.29 is 14.7 Å². The molecule has 100 valence electrons. The average Bonchev–Trinajstić information content (AvgIpc) is 2.75. The van der Waals surface area contributed by atoms with E-state index in [0.29, 0.717) is 5.56 Å². The molecule has 1 aromatic heterocycles. The molecule has 0 unspecified atom stereocenters. The standard InChI is InChI=1S/C14H16N2O3/c1-3-16-8-11(10-6-4-5-7-12(10)16)14(19)15(2)9-13(17)18/h4-8H,3,9H2,1-2H3,(H,17,18). The fourth-order valence-corrected chi connectivity index (χ4v) is 2.16. The summed E-state index contributed by atoms with van der Waals surface area (Å²) in [6.07, 6.45) is 1.78. The van der Waals surface area contributed by atoms with Crippen LogP contribution in [0.25, 0.3) is 10.9 Å². The number of amides is 1. The molecule has 0 aliphatic rings. The summed E-state index contributed by atoms with van der Waals surface area (Å²) in [7, 11) is 1.49. The number of benzene rings is 1. The summed E-state index contributed by atoms with van der Waals surface area (Å²) in [5, 5.41) is 9.60. The van der Waals surface area contributed by atoms with Crippen LogP contribution < -0.4 is 0 Å². The van der Waals surface area contributed by atoms with Gasteiger partial charge in [0.25, 0.3) is 5.91 Å². The predicted octanol–water partition coefficient (Wildman–Crippen LogP) is 1.82. The molecule has 1 amide bonds. The van der Waals surface area contributed by atoms with E-state index in [1.165, 1.54) is 11.9 Å². The van der Waals surface area contributed by atoms with E-state index in [1.807, 2.05) is 35.8 Å². The molecule has 0 bridgehead atoms. The fourth-order valence-electron chi connectivity index (χ4n) is 2.16. The molecule has 2 aromatic rings. The van der Waals surface area contributed by atoms with Crippen molar-refractivity contribution in [2.75, 3.05) is 13.6 Å². The molecule has 5 heteroatoms. The second-order valence-electron chi connectivity index (χ2n) is 4.40. The number of likely N-dealkylation sites (N-methyl/N-ethyl adjacent to an activating group) is 1. The minimum absolute atomic E-state index is 0.272. The Balaban J connectivity index is 2.45. The van der Waals surface area contributed by atoms with Gasteiger partial charge in [-0.05, 0) is 13.0 Å². The van der Waals surface area contributed by atoms with Crippen LogP contribution in [-0.2, 0) is 11.3 Å². The molecule has 0 aliphatic heterocycles. The molecule has 5 nitrogen and oxygen atoms in total. The van der Waals surface area contributed by atoms with Crippen molar-refractivity contribution in [1.29, 1.82) is 0 Å². The molecule has 1 aromatic carbocycles. The number of aryl methyl sites for hydroxylation is 1. The largest absolute Gasteiger partial charge is 0.480 e. The lowest BCUT2D eigenvalue weighted by atomic mass is 10.1. The Morgan fingerprint density at radius 1 is 1.32 bits per heavy atom. The zero-order valence-corrected chi connectivity index (χ0v) is 11.0. The molecule has 0 aliphatic carbocycles. The molecule has 0 saturated heterocycles. The number of carbonyl (C=O) groups excluding carboxylic acids is 1. The zero-order valence-electron chi connectivity index (χ0n) is 11.0. The number of nitrogens with zero attached hydrogens (tertiary/aromatic N) is 2. The molecule has 1 heterocycles. The Bertz CT molecular complexity index is 631. The molecule has 0 fully saturated rings. The van der Waals surface area contributed by atoms with Crippen LogP contribution in [0.5, 0.6) is 0 Å². The molecule has 19 heavy (non-hydrogen) atoms. The average molecular weight is 260 g/mol. The van der Waals surface area contributed by atoms with Crippen LogP contribution >= 0.6 is 0 Å². The maximum atomic E-state index is 12.3. The first-order valence-electron chi connectivity index (χ1n) is 6.09. The zero-order chi connectivity index (χ0) is 14.0. The number of carboxylic acids is 1. The van der Waals surface area contributed by atoms with Crippen LogP contribution in [-0.4, -0.2) is 40.0 Å². The third-order valence-electron chi connectivity index (χ3n) is 3.08. The lowest BCUT2D eigenvalue weighted by molar-refractivity contribution is -0.137. The number of aliphatic carboxylic acids is 1. The van der Waals surface area contributed by atoms with E-state index in [0.717, 1.165) is 17.4 Å². The Labute approximate surface area is 111 Å². The lowest BCUT2D eigenvalue weighted by Gasteiger charge is -2.13. The second-order valence-corrected chi connectivity index (χ2v) is 4.40. The van der Waals surface area contributed by atoms with Gasteiger partial charge in [-0.2, -0.15) is 0 Å². The van der Waals surface area contributed by atoms with Crippen molar-refractivity contribution in [3.8, 4) is 0 Å². The highest BCUT2D eigenvalue weighted by molar-refractivity contribution is 6.07. The summed E-state index contributed by atoms with van der Waals surface area (Å²) in [5.74, 6) is -1.29. The van der Waals surface area contributed by atoms with E-state index in [4.69, 9.17) is 5.11 Å². The van der Waals surface area contributed by atoms with Crippen molar-refractivity contribution in [2.24, 2.45) is 0 Å². The summed E-state index contributed by atoms with van der Waals surface area (Å²) in [6, 6.07) is 7.62. The highest BCUT2D eigenvalue weighted by Gasteiger charge is 2.19. The Morgan fingerprint density at radius 2 is 2.00 bits per heavy atom. The van der Waals surface area contributed by atoms with Crippen LogP contribution in [0.15, 0.2) is 30.5 Å². The number of hydrogen-bond acceptors (Lipinski definition) is 2. The second kappa shape index (κ2) is 5.14. The van der Waals surface area contributed by atoms with Gasteiger partial charge >= 0.3 is 5.97 Å². The van der Waals surface area contributed by atoms with E-state index in [2.05, 4.69) is 0 Å². The first-order chi connectivity index (χ1) is 9.04. The van der Waals surface area contributed by atoms with Gasteiger partial charge < -0.3 is 14.6 Å². The fraction of sp³-hybridized carbons (Fsp3) is 0.286. The number of aromatic nitrogens is 1. The van der Waals surface area contributed by atoms with Crippen LogP contribution in [0.1, 0.15) is 17.3 Å². The van der Waals surface area contributed by atoms with Crippen LogP contribution in [0, 0.1) is 0 Å². The van der Waals surface area contributed by atoms with Gasteiger partial charge in [0.2, 0.25) is 0 Å². The van der Waals surface area contributed by atoms with Crippen LogP contribution in [0.2, 0.25) is 0 Å². The van der Waals surface area contributed by atoms with Crippen molar-refractivity contribution in [3.05, 3.63) is 36.0 Å². The molecule has 2 rings (SSSR count). The normalized spacial score (nSPS) is 10.6. The number of carbonyl (C=O) groups is 2. The number of para-hydroxylation sites is 1. The van der Waals surface area contributed by atoms with Gasteiger partial charge in [-0.25, -0.2) is 0 Å². The van der Waals surface area contributed by atoms with Gasteiger partial charge in [0.05, 0.1) is 5.56 Å². The topological polar surface area (TPSA) is 62.5 Å². The van der Waals surface area contributed by atoms with Gasteiger partial charge in [0.1, 0.15) is 6.54 Å². The van der Waals surface area contributed by atoms with E-state index >= 15 is 0 Å². The summed E-state index contributed by atoms with van der Waals surface area (Å²) in [6.45, 7) is 2.46. The van der Waals surface area contributed by atoms with Gasteiger partial charge in [0, 0.05) is 30.7 Å². The summed E-state index contributed by atoms with van der Waals surface area (Å²) in [5.41, 5.74) is 1.53. The van der Waals surface area contributed by atoms with E-state index in [9.17, 15) is 9.59 Å². The number of carboxylic acid groups (broad SMARTS) is 1. The van der Waals surface area contributed by atoms with E-state index < -0.39 is 5.97 Å². The summed E-state index contributed by atoms with van der Waals surface area (Å²) < 4.78 is 1.98. The quantitative estimate of drug-likeness (QED) is 0.912. The number of hydrogen-bond donors (Lipinski definition) is 1. The molecule has 1 N–H and O–H groups in total. The van der Waals surface area contributed by atoms with Gasteiger partial charge in [-0.1, -0.05) is 18.2 Å². The maximum Gasteiger partial charge on any atom is 0.323 e. The van der Waals surface area contributed by atoms with Gasteiger partial charge in [-0.3, -0.25) is 9.59 Å². The molecular formula is C14H16N2O3. The number of fused-ring (bicyclic) bond motifs is 1. The van der Waals surface area contributed by atoms with Crippen molar-refractivity contribution in [3.63, 3.8) is 0 Å². The third kappa shape index (κ3) is 2.45. The third-order valence-corrected chi connectivity index (χ3v) is 3.08. The van der Waals surface area contributed by atoms with Crippen LogP contribution in [0.4, 0.5) is 0 Å².